The molecule has 3 heteroatoms. The summed E-state index contributed by atoms with van der Waals surface area (Å²) in [6, 6.07) is 0. The van der Waals surface area contributed by atoms with Gasteiger partial charge in [-0.05, 0) is 36.8 Å². The van der Waals surface area contributed by atoms with Crippen molar-refractivity contribution in [3.8, 4) is 0 Å². The fourth-order valence-electron chi connectivity index (χ4n) is 2.29. The van der Waals surface area contributed by atoms with Crippen molar-refractivity contribution in [3.63, 3.8) is 0 Å². The number of allylic oxidation sites excluding steroid dienone is 1. The fourth-order valence-corrected chi connectivity index (χ4v) is 2.29. The summed E-state index contributed by atoms with van der Waals surface area (Å²) in [7, 11) is 0. The van der Waals surface area contributed by atoms with Crippen LogP contribution in [0.1, 0.15) is 45.5 Å². The summed E-state index contributed by atoms with van der Waals surface area (Å²) in [6.45, 7) is 9.41. The highest BCUT2D eigenvalue weighted by Gasteiger charge is 2.17. The van der Waals surface area contributed by atoms with Crippen molar-refractivity contribution in [2.24, 2.45) is 10.9 Å². The first-order chi connectivity index (χ1) is 8.61. The summed E-state index contributed by atoms with van der Waals surface area (Å²) in [5.74, 6) is 1.48. The maximum atomic E-state index is 4.53. The van der Waals surface area contributed by atoms with Crippen LogP contribution in [0.15, 0.2) is 23.0 Å². The first-order valence-corrected chi connectivity index (χ1v) is 6.66. The first-order valence-electron chi connectivity index (χ1n) is 6.66. The molecule has 0 atom stereocenters. The first kappa shape index (κ1) is 12.9. The van der Waals surface area contributed by atoms with E-state index in [-0.39, 0.29) is 0 Å². The van der Waals surface area contributed by atoms with E-state index >= 15 is 0 Å². The second-order valence-corrected chi connectivity index (χ2v) is 5.23. The molecule has 96 valence electrons. The van der Waals surface area contributed by atoms with E-state index < -0.39 is 0 Å². The van der Waals surface area contributed by atoms with Gasteiger partial charge in [-0.25, -0.2) is 9.97 Å². The normalized spacial score (nSPS) is 15.5. The maximum Gasteiger partial charge on any atom is 0.157 e. The molecule has 1 aromatic rings. The van der Waals surface area contributed by atoms with Gasteiger partial charge in [-0.3, -0.25) is 4.99 Å². The predicted molar refractivity (Wildman–Crippen MR) is 75.8 cm³/mol. The molecule has 3 nitrogen and oxygen atoms in total. The molecule has 0 amide bonds. The quantitative estimate of drug-likeness (QED) is 0.813. The van der Waals surface area contributed by atoms with Crippen LogP contribution in [0.5, 0.6) is 0 Å². The van der Waals surface area contributed by atoms with E-state index in [0.717, 1.165) is 25.2 Å². The second-order valence-electron chi connectivity index (χ2n) is 5.23. The van der Waals surface area contributed by atoms with Gasteiger partial charge < -0.3 is 0 Å². The van der Waals surface area contributed by atoms with Crippen LogP contribution in [0, 0.1) is 5.92 Å². The molecule has 0 N–H and O–H groups in total. The molecule has 0 aliphatic carbocycles. The monoisotopic (exact) mass is 243 g/mol. The Balaban J connectivity index is 2.19. The van der Waals surface area contributed by atoms with Crippen molar-refractivity contribution in [1.82, 2.24) is 9.97 Å². The lowest BCUT2D eigenvalue weighted by Crippen LogP contribution is -2.01. The largest absolute Gasteiger partial charge is 0.285 e. The minimum absolute atomic E-state index is 0.641. The van der Waals surface area contributed by atoms with Gasteiger partial charge in [0, 0.05) is 23.7 Å². The Kier molecular flexibility index (Phi) is 3.90. The highest BCUT2D eigenvalue weighted by atomic mass is 14.9. The molecule has 0 saturated carbocycles. The lowest BCUT2D eigenvalue weighted by molar-refractivity contribution is 0.643. The average molecular weight is 243 g/mol. The van der Waals surface area contributed by atoms with Crippen LogP contribution in [-0.4, -0.2) is 22.2 Å². The Morgan fingerprint density at radius 3 is 2.39 bits per heavy atom. The third-order valence-corrected chi connectivity index (χ3v) is 3.27. The molecule has 0 saturated heterocycles. The van der Waals surface area contributed by atoms with Crippen LogP contribution < -0.4 is 0 Å². The molecule has 0 fully saturated rings. The van der Waals surface area contributed by atoms with E-state index in [1.165, 1.54) is 22.4 Å². The zero-order valence-corrected chi connectivity index (χ0v) is 11.7. The second kappa shape index (κ2) is 5.42. The van der Waals surface area contributed by atoms with E-state index in [9.17, 15) is 0 Å². The number of aliphatic imine (C=N–C) groups is 1. The topological polar surface area (TPSA) is 38.1 Å². The van der Waals surface area contributed by atoms with Crippen LogP contribution in [0.3, 0.4) is 0 Å². The highest BCUT2D eigenvalue weighted by molar-refractivity contribution is 6.08. The number of hydrogen-bond donors (Lipinski definition) is 0. The fraction of sp³-hybridized carbons (Fsp3) is 0.533. The van der Waals surface area contributed by atoms with Crippen LogP contribution >= 0.6 is 0 Å². The predicted octanol–water partition coefficient (Wildman–Crippen LogP) is 3.31. The Hall–Kier alpha value is -1.51. The number of hydrogen-bond acceptors (Lipinski definition) is 3. The van der Waals surface area contributed by atoms with E-state index in [1.807, 2.05) is 12.4 Å². The van der Waals surface area contributed by atoms with Gasteiger partial charge in [0.2, 0.25) is 0 Å². The summed E-state index contributed by atoms with van der Waals surface area (Å²) in [6.07, 6.45) is 5.93. The van der Waals surface area contributed by atoms with Crippen molar-refractivity contribution < 1.29 is 0 Å². The molecule has 0 spiro atoms. The van der Waals surface area contributed by atoms with E-state index in [1.54, 1.807) is 0 Å². The zero-order valence-electron chi connectivity index (χ0n) is 11.7. The van der Waals surface area contributed by atoms with Gasteiger partial charge in [-0.15, -0.1) is 0 Å². The standard InChI is InChI=1S/C15H21N3/c1-5-14-11(4)13(9-16-14)15-17-7-12(8-18-15)6-10(2)3/h7-8,10H,5-6,9H2,1-4H3. The molecule has 1 aromatic heterocycles. The van der Waals surface area contributed by atoms with Gasteiger partial charge in [-0.2, -0.15) is 0 Å². The average Bonchev–Trinajstić information content (AvgIpc) is 2.71. The molecular weight excluding hydrogens is 222 g/mol. The molecule has 1 aliphatic heterocycles. The van der Waals surface area contributed by atoms with Gasteiger partial charge in [-0.1, -0.05) is 20.8 Å². The Morgan fingerprint density at radius 1 is 1.22 bits per heavy atom. The lowest BCUT2D eigenvalue weighted by atomic mass is 10.0. The lowest BCUT2D eigenvalue weighted by Gasteiger charge is -2.06. The third-order valence-electron chi connectivity index (χ3n) is 3.27. The maximum absolute atomic E-state index is 4.53. The number of aromatic nitrogens is 2. The summed E-state index contributed by atoms with van der Waals surface area (Å²) < 4.78 is 0. The van der Waals surface area contributed by atoms with Gasteiger partial charge in [0.1, 0.15) is 0 Å². The van der Waals surface area contributed by atoms with Crippen molar-refractivity contribution in [2.75, 3.05) is 6.54 Å². The molecule has 1 aliphatic rings. The molecule has 0 radical (unpaired) electrons. The molecule has 18 heavy (non-hydrogen) atoms. The summed E-state index contributed by atoms with van der Waals surface area (Å²) in [5, 5.41) is 0. The van der Waals surface area contributed by atoms with E-state index in [0.29, 0.717) is 5.92 Å². The van der Waals surface area contributed by atoms with Gasteiger partial charge in [0.25, 0.3) is 0 Å². The molecule has 0 bridgehead atoms. The summed E-state index contributed by atoms with van der Waals surface area (Å²) in [4.78, 5) is 13.5. The summed E-state index contributed by atoms with van der Waals surface area (Å²) in [5.41, 5.74) is 4.85. The Morgan fingerprint density at radius 2 is 1.89 bits per heavy atom. The van der Waals surface area contributed by atoms with Crippen LogP contribution in [0.2, 0.25) is 0 Å². The number of nitrogens with zero attached hydrogens (tertiary/aromatic N) is 3. The van der Waals surface area contributed by atoms with E-state index in [4.69, 9.17) is 0 Å². The van der Waals surface area contributed by atoms with Gasteiger partial charge >= 0.3 is 0 Å². The van der Waals surface area contributed by atoms with Crippen LogP contribution in [0.4, 0.5) is 0 Å². The zero-order chi connectivity index (χ0) is 13.1. The van der Waals surface area contributed by atoms with Gasteiger partial charge in [0.05, 0.1) is 6.54 Å². The molecule has 0 unspecified atom stereocenters. The van der Waals surface area contributed by atoms with Crippen molar-refractivity contribution >= 4 is 11.3 Å². The highest BCUT2D eigenvalue weighted by Crippen LogP contribution is 2.23. The van der Waals surface area contributed by atoms with E-state index in [2.05, 4.69) is 42.7 Å². The molecule has 2 heterocycles. The molecule has 0 aromatic carbocycles. The summed E-state index contributed by atoms with van der Waals surface area (Å²) >= 11 is 0. The minimum Gasteiger partial charge on any atom is -0.285 e. The third kappa shape index (κ3) is 2.66. The SMILES string of the molecule is CCC1=NCC(c2ncc(CC(C)C)cn2)=C1C. The van der Waals surface area contributed by atoms with Crippen LogP contribution in [0.25, 0.3) is 5.57 Å². The number of rotatable bonds is 4. The van der Waals surface area contributed by atoms with Crippen LogP contribution in [-0.2, 0) is 6.42 Å². The van der Waals surface area contributed by atoms with Gasteiger partial charge in [0.15, 0.2) is 5.82 Å². The van der Waals surface area contributed by atoms with Crippen molar-refractivity contribution in [1.29, 1.82) is 0 Å². The Bertz CT molecular complexity index is 481. The molecule has 2 rings (SSSR count). The Labute approximate surface area is 109 Å². The minimum atomic E-state index is 0.641. The smallest absolute Gasteiger partial charge is 0.157 e. The molecular formula is C15H21N3. The van der Waals surface area contributed by atoms with Crippen molar-refractivity contribution in [2.45, 2.75) is 40.5 Å². The van der Waals surface area contributed by atoms with Crippen molar-refractivity contribution in [3.05, 3.63) is 29.4 Å².